The SMILES string of the molecule is CC1CCC(C(=O)N(c2sc(-c3ccccc3)cc2OC(=O)O)C2CCN(C(C)C)CC2)CC1. The van der Waals surface area contributed by atoms with E-state index >= 15 is 0 Å². The number of thiophene rings is 1. The van der Waals surface area contributed by atoms with Gasteiger partial charge in [-0.25, -0.2) is 4.79 Å². The number of carboxylic acid groups (broad SMARTS) is 1. The Morgan fingerprint density at radius 3 is 2.29 bits per heavy atom. The third-order valence-electron chi connectivity index (χ3n) is 7.35. The van der Waals surface area contributed by atoms with Crippen LogP contribution < -0.4 is 9.64 Å². The van der Waals surface area contributed by atoms with E-state index in [9.17, 15) is 14.7 Å². The van der Waals surface area contributed by atoms with Crippen molar-refractivity contribution >= 4 is 28.4 Å². The van der Waals surface area contributed by atoms with Gasteiger partial charge in [-0.05, 0) is 63.9 Å². The number of piperidine rings is 1. The number of carbonyl (C=O) groups is 2. The molecule has 4 rings (SSSR count). The molecular formula is C27H36N2O4S. The molecule has 1 saturated heterocycles. The second kappa shape index (κ2) is 10.9. The van der Waals surface area contributed by atoms with E-state index in [4.69, 9.17) is 4.74 Å². The zero-order valence-electron chi connectivity index (χ0n) is 20.4. The Balaban J connectivity index is 1.71. The summed E-state index contributed by atoms with van der Waals surface area (Å²) in [5.41, 5.74) is 0.988. The molecule has 6 nitrogen and oxygen atoms in total. The van der Waals surface area contributed by atoms with Gasteiger partial charge in [0.2, 0.25) is 5.91 Å². The minimum absolute atomic E-state index is 0.0146. The monoisotopic (exact) mass is 484 g/mol. The van der Waals surface area contributed by atoms with Crippen LogP contribution in [0.3, 0.4) is 0 Å². The Hall–Kier alpha value is -2.38. The average Bonchev–Trinajstić information content (AvgIpc) is 3.23. The normalized spacial score (nSPS) is 22.0. The summed E-state index contributed by atoms with van der Waals surface area (Å²) in [5.74, 6) is 1.04. The molecule has 2 aliphatic rings. The third-order valence-corrected chi connectivity index (χ3v) is 8.52. The summed E-state index contributed by atoms with van der Waals surface area (Å²) in [6, 6.07) is 12.2. The number of rotatable bonds is 6. The molecule has 1 aliphatic carbocycles. The molecule has 0 bridgehead atoms. The quantitative estimate of drug-likeness (QED) is 0.474. The van der Waals surface area contributed by atoms with Gasteiger partial charge in [-0.2, -0.15) is 0 Å². The highest BCUT2D eigenvalue weighted by molar-refractivity contribution is 7.20. The van der Waals surface area contributed by atoms with Crippen LogP contribution in [0.4, 0.5) is 9.80 Å². The minimum atomic E-state index is -1.35. The molecule has 0 radical (unpaired) electrons. The zero-order valence-corrected chi connectivity index (χ0v) is 21.2. The van der Waals surface area contributed by atoms with Gasteiger partial charge in [-0.3, -0.25) is 9.69 Å². The van der Waals surface area contributed by atoms with Gasteiger partial charge in [0, 0.05) is 42.0 Å². The highest BCUT2D eigenvalue weighted by atomic mass is 32.1. The van der Waals surface area contributed by atoms with Crippen molar-refractivity contribution in [2.24, 2.45) is 11.8 Å². The van der Waals surface area contributed by atoms with E-state index in [1.807, 2.05) is 35.2 Å². The number of carbonyl (C=O) groups excluding carboxylic acids is 1. The smallest absolute Gasteiger partial charge is 0.449 e. The van der Waals surface area contributed by atoms with Gasteiger partial charge in [0.25, 0.3) is 0 Å². The number of benzene rings is 1. The summed E-state index contributed by atoms with van der Waals surface area (Å²) in [4.78, 5) is 30.9. The van der Waals surface area contributed by atoms with E-state index in [1.165, 1.54) is 11.3 Å². The molecule has 1 amide bonds. The van der Waals surface area contributed by atoms with Crippen LogP contribution >= 0.6 is 11.3 Å². The van der Waals surface area contributed by atoms with Crippen molar-refractivity contribution in [1.29, 1.82) is 0 Å². The van der Waals surface area contributed by atoms with Crippen LogP contribution in [0.2, 0.25) is 0 Å². The fraction of sp³-hybridized carbons (Fsp3) is 0.556. The van der Waals surface area contributed by atoms with Crippen molar-refractivity contribution in [2.45, 2.75) is 71.4 Å². The molecule has 0 spiro atoms. The molecule has 2 aromatic rings. The van der Waals surface area contributed by atoms with Crippen LogP contribution in [0, 0.1) is 11.8 Å². The fourth-order valence-corrected chi connectivity index (χ4v) is 6.42. The maximum absolute atomic E-state index is 14.0. The van der Waals surface area contributed by atoms with Crippen LogP contribution in [-0.2, 0) is 4.79 Å². The minimum Gasteiger partial charge on any atom is -0.449 e. The summed E-state index contributed by atoms with van der Waals surface area (Å²) in [5, 5.41) is 10.1. The van der Waals surface area contributed by atoms with Gasteiger partial charge in [0.1, 0.15) is 5.00 Å². The van der Waals surface area contributed by atoms with Crippen molar-refractivity contribution < 1.29 is 19.4 Å². The number of ether oxygens (including phenoxy) is 1. The molecule has 34 heavy (non-hydrogen) atoms. The second-order valence-corrected chi connectivity index (χ2v) is 11.1. The van der Waals surface area contributed by atoms with Crippen LogP contribution in [0.5, 0.6) is 5.75 Å². The molecule has 1 saturated carbocycles. The lowest BCUT2D eigenvalue weighted by Gasteiger charge is -2.41. The summed E-state index contributed by atoms with van der Waals surface area (Å²) < 4.78 is 5.26. The summed E-state index contributed by atoms with van der Waals surface area (Å²) in [6.45, 7) is 8.53. The van der Waals surface area contributed by atoms with Gasteiger partial charge < -0.3 is 14.7 Å². The van der Waals surface area contributed by atoms with Gasteiger partial charge >= 0.3 is 6.16 Å². The van der Waals surface area contributed by atoms with Crippen LogP contribution in [-0.4, -0.2) is 47.2 Å². The first-order valence-electron chi connectivity index (χ1n) is 12.5. The first kappa shape index (κ1) is 24.7. The van der Waals surface area contributed by atoms with Gasteiger partial charge in [-0.15, -0.1) is 11.3 Å². The fourth-order valence-electron chi connectivity index (χ4n) is 5.25. The Labute approximate surface area is 206 Å². The molecule has 0 unspecified atom stereocenters. The summed E-state index contributed by atoms with van der Waals surface area (Å²) in [6.07, 6.45) is 4.31. The Kier molecular flexibility index (Phi) is 7.94. The van der Waals surface area contributed by atoms with Crippen LogP contribution in [0.25, 0.3) is 10.4 Å². The number of likely N-dealkylation sites (tertiary alicyclic amines) is 1. The zero-order chi connectivity index (χ0) is 24.2. The Morgan fingerprint density at radius 1 is 1.06 bits per heavy atom. The summed E-state index contributed by atoms with van der Waals surface area (Å²) in [7, 11) is 0. The average molecular weight is 485 g/mol. The topological polar surface area (TPSA) is 70.1 Å². The van der Waals surface area contributed by atoms with E-state index < -0.39 is 6.16 Å². The lowest BCUT2D eigenvalue weighted by atomic mass is 9.82. The second-order valence-electron chi connectivity index (χ2n) is 10.0. The van der Waals surface area contributed by atoms with Gasteiger partial charge in [-0.1, -0.05) is 37.3 Å². The standard InChI is InChI=1S/C27H36N2O4S/c1-18(2)28-15-13-22(14-16-28)29(25(30)21-11-9-19(3)10-12-21)26-23(33-27(31)32)17-24(34-26)20-7-5-4-6-8-20/h4-8,17-19,21-22H,9-16H2,1-3H3,(H,31,32). The third kappa shape index (κ3) is 5.63. The summed E-state index contributed by atoms with van der Waals surface area (Å²) >= 11 is 1.46. The first-order chi connectivity index (χ1) is 16.3. The Morgan fingerprint density at radius 2 is 1.71 bits per heavy atom. The van der Waals surface area contributed by atoms with Crippen LogP contribution in [0.15, 0.2) is 36.4 Å². The molecule has 184 valence electrons. The molecule has 2 heterocycles. The lowest BCUT2D eigenvalue weighted by Crippen LogP contribution is -2.50. The van der Waals surface area contributed by atoms with Gasteiger partial charge in [0.15, 0.2) is 5.75 Å². The van der Waals surface area contributed by atoms with E-state index in [0.29, 0.717) is 17.0 Å². The highest BCUT2D eigenvalue weighted by Gasteiger charge is 2.37. The number of amides is 1. The molecule has 1 N–H and O–H groups in total. The van der Waals surface area contributed by atoms with Crippen molar-refractivity contribution in [2.75, 3.05) is 18.0 Å². The molecule has 2 fully saturated rings. The predicted molar refractivity (Wildman–Crippen MR) is 137 cm³/mol. The predicted octanol–water partition coefficient (Wildman–Crippen LogP) is 6.50. The molecule has 7 heteroatoms. The molecule has 1 aromatic carbocycles. The maximum atomic E-state index is 14.0. The number of hydrogen-bond donors (Lipinski definition) is 1. The van der Waals surface area contributed by atoms with Crippen molar-refractivity contribution in [1.82, 2.24) is 4.90 Å². The van der Waals surface area contributed by atoms with E-state index in [1.54, 1.807) is 6.07 Å². The van der Waals surface area contributed by atoms with Gasteiger partial charge in [0.05, 0.1) is 0 Å². The van der Waals surface area contributed by atoms with Crippen molar-refractivity contribution in [3.05, 3.63) is 36.4 Å². The first-order valence-corrected chi connectivity index (χ1v) is 13.3. The largest absolute Gasteiger partial charge is 0.511 e. The van der Waals surface area contributed by atoms with E-state index in [2.05, 4.69) is 25.7 Å². The molecular weight excluding hydrogens is 448 g/mol. The number of hydrogen-bond acceptors (Lipinski definition) is 5. The molecule has 0 atom stereocenters. The van der Waals surface area contributed by atoms with Crippen molar-refractivity contribution in [3.63, 3.8) is 0 Å². The molecule has 1 aliphatic heterocycles. The van der Waals surface area contributed by atoms with E-state index in [-0.39, 0.29) is 23.6 Å². The molecule has 1 aromatic heterocycles. The number of anilines is 1. The van der Waals surface area contributed by atoms with Crippen molar-refractivity contribution in [3.8, 4) is 16.2 Å². The Bertz CT molecular complexity index is 974. The maximum Gasteiger partial charge on any atom is 0.511 e. The lowest BCUT2D eigenvalue weighted by molar-refractivity contribution is -0.124. The number of nitrogens with zero attached hydrogens (tertiary/aromatic N) is 2. The van der Waals surface area contributed by atoms with E-state index in [0.717, 1.165) is 62.1 Å². The van der Waals surface area contributed by atoms with Crippen LogP contribution in [0.1, 0.15) is 59.3 Å². The highest BCUT2D eigenvalue weighted by Crippen LogP contribution is 2.46.